The Morgan fingerprint density at radius 2 is 1.24 bits per heavy atom. The predicted molar refractivity (Wildman–Crippen MR) is 87.9 cm³/mol. The molecule has 0 saturated carbocycles. The van der Waals surface area contributed by atoms with E-state index in [0.29, 0.717) is 0 Å². The summed E-state index contributed by atoms with van der Waals surface area (Å²) in [4.78, 5) is 26.7. The van der Waals surface area contributed by atoms with E-state index in [4.69, 9.17) is 0 Å². The molecule has 9 heteroatoms. The lowest BCUT2D eigenvalue weighted by Crippen LogP contribution is -2.29. The summed E-state index contributed by atoms with van der Waals surface area (Å²) in [6.07, 6.45) is 0. The van der Waals surface area contributed by atoms with Crippen LogP contribution >= 0.6 is 34.9 Å². The minimum absolute atomic E-state index is 0.0422. The molecular formula is C12H20N4O2S3. The summed E-state index contributed by atoms with van der Waals surface area (Å²) in [5.74, 6) is 0.0844. The van der Waals surface area contributed by atoms with Crippen molar-refractivity contribution in [3.63, 3.8) is 0 Å². The molecule has 0 spiro atoms. The second-order valence-electron chi connectivity index (χ2n) is 4.82. The second kappa shape index (κ2) is 8.00. The number of aromatic nitrogens is 2. The van der Waals surface area contributed by atoms with Crippen LogP contribution in [0.1, 0.15) is 13.8 Å². The zero-order valence-corrected chi connectivity index (χ0v) is 15.4. The topological polar surface area (TPSA) is 66.4 Å². The lowest BCUT2D eigenvalue weighted by Gasteiger charge is -2.15. The lowest BCUT2D eigenvalue weighted by molar-refractivity contribution is -0.128. The maximum Gasteiger partial charge on any atom is 0.235 e. The average molecular weight is 349 g/mol. The first kappa shape index (κ1) is 18.2. The van der Waals surface area contributed by atoms with Crippen LogP contribution in [0.4, 0.5) is 0 Å². The molecule has 0 bridgehead atoms. The van der Waals surface area contributed by atoms with Crippen LogP contribution in [0.15, 0.2) is 8.68 Å². The van der Waals surface area contributed by atoms with Crippen molar-refractivity contribution >= 4 is 46.7 Å². The Kier molecular flexibility index (Phi) is 6.95. The minimum Gasteiger partial charge on any atom is -0.348 e. The largest absolute Gasteiger partial charge is 0.348 e. The first-order valence-electron chi connectivity index (χ1n) is 6.31. The first-order valence-corrected chi connectivity index (χ1v) is 8.89. The molecule has 0 radical (unpaired) electrons. The number of thioether (sulfide) groups is 2. The van der Waals surface area contributed by atoms with Crippen molar-refractivity contribution in [2.24, 2.45) is 0 Å². The molecule has 0 unspecified atom stereocenters. The molecule has 0 aromatic carbocycles. The highest BCUT2D eigenvalue weighted by molar-refractivity contribution is 8.04. The van der Waals surface area contributed by atoms with Gasteiger partial charge in [0.1, 0.15) is 0 Å². The number of carbonyl (C=O) groups is 2. The number of carbonyl (C=O) groups excluding carboxylic acids is 2. The monoisotopic (exact) mass is 348 g/mol. The highest BCUT2D eigenvalue weighted by atomic mass is 32.2. The van der Waals surface area contributed by atoms with E-state index in [0.717, 1.165) is 8.68 Å². The fourth-order valence-corrected chi connectivity index (χ4v) is 5.02. The molecule has 118 valence electrons. The highest BCUT2D eigenvalue weighted by Crippen LogP contribution is 2.33. The van der Waals surface area contributed by atoms with Crippen LogP contribution in [0.5, 0.6) is 0 Å². The van der Waals surface area contributed by atoms with Gasteiger partial charge in [0.05, 0.1) is 10.5 Å². The van der Waals surface area contributed by atoms with E-state index in [1.54, 1.807) is 38.0 Å². The van der Waals surface area contributed by atoms with E-state index >= 15 is 0 Å². The number of amides is 2. The third-order valence-corrected chi connectivity index (χ3v) is 5.79. The lowest BCUT2D eigenvalue weighted by atomic mass is 10.4. The van der Waals surface area contributed by atoms with Gasteiger partial charge in [0.2, 0.25) is 11.8 Å². The fraction of sp³-hybridized carbons (Fsp3) is 0.667. The SMILES string of the molecule is C[C@@H](Sc1nnc(S[C@H](C)C(=O)N(C)C)s1)C(=O)N(C)C. The van der Waals surface area contributed by atoms with Crippen LogP contribution in [0.25, 0.3) is 0 Å². The summed E-state index contributed by atoms with van der Waals surface area (Å²) in [5.41, 5.74) is 0. The Labute approximate surface area is 137 Å². The molecule has 0 fully saturated rings. The number of hydrogen-bond acceptors (Lipinski definition) is 7. The van der Waals surface area contributed by atoms with Gasteiger partial charge in [0.25, 0.3) is 0 Å². The molecule has 1 heterocycles. The van der Waals surface area contributed by atoms with Gasteiger partial charge in [-0.2, -0.15) is 0 Å². The van der Waals surface area contributed by atoms with Gasteiger partial charge >= 0.3 is 0 Å². The Bertz CT molecular complexity index is 462. The molecule has 1 aromatic rings. The summed E-state index contributed by atoms with van der Waals surface area (Å²) in [6.45, 7) is 3.69. The zero-order chi connectivity index (χ0) is 16.2. The number of nitrogens with zero attached hydrogens (tertiary/aromatic N) is 4. The predicted octanol–water partition coefficient (Wildman–Crippen LogP) is 1.68. The Hall–Kier alpha value is -0.800. The quantitative estimate of drug-likeness (QED) is 0.729. The molecule has 2 atom stereocenters. The molecule has 0 aliphatic carbocycles. The van der Waals surface area contributed by atoms with Crippen LogP contribution in [0.2, 0.25) is 0 Å². The van der Waals surface area contributed by atoms with Crippen molar-refractivity contribution in [2.45, 2.75) is 33.0 Å². The van der Waals surface area contributed by atoms with E-state index in [1.807, 2.05) is 13.8 Å². The van der Waals surface area contributed by atoms with Crippen molar-refractivity contribution in [2.75, 3.05) is 28.2 Å². The van der Waals surface area contributed by atoms with Crippen molar-refractivity contribution in [3.8, 4) is 0 Å². The molecule has 0 aliphatic heterocycles. The van der Waals surface area contributed by atoms with Crippen molar-refractivity contribution < 1.29 is 9.59 Å². The highest BCUT2D eigenvalue weighted by Gasteiger charge is 2.21. The number of rotatable bonds is 6. The first-order chi connectivity index (χ1) is 9.72. The van der Waals surface area contributed by atoms with Crippen LogP contribution < -0.4 is 0 Å². The normalized spacial score (nSPS) is 13.6. The van der Waals surface area contributed by atoms with Crippen molar-refractivity contribution in [3.05, 3.63) is 0 Å². The van der Waals surface area contributed by atoms with E-state index in [-0.39, 0.29) is 22.3 Å². The van der Waals surface area contributed by atoms with Gasteiger partial charge in [-0.05, 0) is 13.8 Å². The standard InChI is InChI=1S/C12H20N4O2S3/c1-7(9(17)15(3)4)19-11-13-14-12(21-11)20-8(2)10(18)16(5)6/h7-8H,1-6H3/t7-,8-/m1/s1. The van der Waals surface area contributed by atoms with E-state index in [1.165, 1.54) is 34.9 Å². The molecule has 0 aliphatic rings. The van der Waals surface area contributed by atoms with Gasteiger partial charge in [-0.15, -0.1) is 10.2 Å². The van der Waals surface area contributed by atoms with Crippen LogP contribution in [0, 0.1) is 0 Å². The molecule has 0 N–H and O–H groups in total. The van der Waals surface area contributed by atoms with Gasteiger partial charge in [0, 0.05) is 28.2 Å². The summed E-state index contributed by atoms with van der Waals surface area (Å²) < 4.78 is 1.48. The Morgan fingerprint density at radius 1 is 0.905 bits per heavy atom. The average Bonchev–Trinajstić information content (AvgIpc) is 2.83. The second-order valence-corrected chi connectivity index (χ2v) is 8.97. The molecular weight excluding hydrogens is 328 g/mol. The van der Waals surface area contributed by atoms with Gasteiger partial charge in [-0.25, -0.2) is 0 Å². The summed E-state index contributed by atoms with van der Waals surface area (Å²) >= 11 is 4.19. The maximum atomic E-state index is 11.8. The molecule has 6 nitrogen and oxygen atoms in total. The fourth-order valence-electron chi connectivity index (χ4n) is 1.42. The molecule has 1 rings (SSSR count). The third kappa shape index (κ3) is 5.48. The zero-order valence-electron chi connectivity index (χ0n) is 13.0. The van der Waals surface area contributed by atoms with Crippen LogP contribution in [0.3, 0.4) is 0 Å². The Morgan fingerprint density at radius 3 is 1.52 bits per heavy atom. The minimum atomic E-state index is -0.202. The maximum absolute atomic E-state index is 11.8. The molecule has 21 heavy (non-hydrogen) atoms. The number of hydrogen-bond donors (Lipinski definition) is 0. The van der Waals surface area contributed by atoms with Gasteiger partial charge in [-0.1, -0.05) is 34.9 Å². The van der Waals surface area contributed by atoms with E-state index in [9.17, 15) is 9.59 Å². The van der Waals surface area contributed by atoms with Crippen LogP contribution in [-0.4, -0.2) is 70.5 Å². The smallest absolute Gasteiger partial charge is 0.235 e. The Balaban J connectivity index is 2.61. The van der Waals surface area contributed by atoms with E-state index < -0.39 is 0 Å². The van der Waals surface area contributed by atoms with Gasteiger partial charge in [-0.3, -0.25) is 9.59 Å². The van der Waals surface area contributed by atoms with Crippen molar-refractivity contribution in [1.29, 1.82) is 0 Å². The summed E-state index contributed by atoms with van der Waals surface area (Å²) in [7, 11) is 6.93. The van der Waals surface area contributed by atoms with E-state index in [2.05, 4.69) is 10.2 Å². The van der Waals surface area contributed by atoms with Gasteiger partial charge < -0.3 is 9.80 Å². The summed E-state index contributed by atoms with van der Waals surface area (Å²) in [6, 6.07) is 0. The molecule has 1 aromatic heterocycles. The van der Waals surface area contributed by atoms with Gasteiger partial charge in [0.15, 0.2) is 8.68 Å². The van der Waals surface area contributed by atoms with Crippen LogP contribution in [-0.2, 0) is 9.59 Å². The molecule has 2 amide bonds. The third-order valence-electron chi connectivity index (χ3n) is 2.52. The molecule has 0 saturated heterocycles. The van der Waals surface area contributed by atoms with Crippen molar-refractivity contribution in [1.82, 2.24) is 20.0 Å². The summed E-state index contributed by atoms with van der Waals surface area (Å²) in [5, 5.41) is 7.74.